The molecule has 0 bridgehead atoms. The molecule has 0 saturated heterocycles. The monoisotopic (exact) mass is 180 g/mol. The molecule has 0 saturated carbocycles. The van der Waals surface area contributed by atoms with Crippen LogP contribution in [0, 0.1) is 0 Å². The van der Waals surface area contributed by atoms with E-state index in [1.807, 2.05) is 0 Å². The first-order chi connectivity index (χ1) is 6.27. The molecule has 0 aliphatic carbocycles. The number of aromatic hydroxyl groups is 1. The number of carbonyl (C=O) groups excluding carboxylic acids is 1. The van der Waals surface area contributed by atoms with E-state index in [1.165, 1.54) is 6.07 Å². The van der Waals surface area contributed by atoms with Gasteiger partial charge in [0, 0.05) is 7.11 Å². The Morgan fingerprint density at radius 2 is 2.31 bits per heavy atom. The largest absolute Gasteiger partial charge is 0.507 e. The van der Waals surface area contributed by atoms with Crippen LogP contribution in [0.3, 0.4) is 0 Å². The Hall–Kier alpha value is -1.35. The van der Waals surface area contributed by atoms with Gasteiger partial charge in [-0.2, -0.15) is 0 Å². The van der Waals surface area contributed by atoms with Crippen molar-refractivity contribution in [3.05, 3.63) is 29.3 Å². The second-order valence-electron chi connectivity index (χ2n) is 2.75. The van der Waals surface area contributed by atoms with Gasteiger partial charge < -0.3 is 9.84 Å². The summed E-state index contributed by atoms with van der Waals surface area (Å²) in [6, 6.07) is 4.97. The highest BCUT2D eigenvalue weighted by Gasteiger charge is 2.00. The van der Waals surface area contributed by atoms with Crippen molar-refractivity contribution in [1.82, 2.24) is 0 Å². The van der Waals surface area contributed by atoms with Gasteiger partial charge in [0.05, 0.1) is 12.2 Å². The van der Waals surface area contributed by atoms with E-state index in [0.29, 0.717) is 18.5 Å². The molecule has 0 fully saturated rings. The summed E-state index contributed by atoms with van der Waals surface area (Å²) in [4.78, 5) is 10.5. The minimum Gasteiger partial charge on any atom is -0.507 e. The van der Waals surface area contributed by atoms with Crippen molar-refractivity contribution in [3.8, 4) is 5.75 Å². The number of phenols is 1. The summed E-state index contributed by atoms with van der Waals surface area (Å²) >= 11 is 0. The molecule has 3 nitrogen and oxygen atoms in total. The van der Waals surface area contributed by atoms with E-state index in [9.17, 15) is 9.90 Å². The van der Waals surface area contributed by atoms with E-state index in [4.69, 9.17) is 4.74 Å². The lowest BCUT2D eigenvalue weighted by Gasteiger charge is -2.02. The molecule has 70 valence electrons. The molecular weight excluding hydrogens is 168 g/mol. The Balaban J connectivity index is 2.80. The number of rotatable bonds is 4. The summed E-state index contributed by atoms with van der Waals surface area (Å²) in [5.74, 6) is 0.0242. The lowest BCUT2D eigenvalue weighted by Crippen LogP contribution is -1.95. The lowest BCUT2D eigenvalue weighted by atomic mass is 10.1. The first kappa shape index (κ1) is 9.74. The van der Waals surface area contributed by atoms with Crippen LogP contribution in [0.4, 0.5) is 0 Å². The second-order valence-corrected chi connectivity index (χ2v) is 2.75. The quantitative estimate of drug-likeness (QED) is 0.712. The molecule has 13 heavy (non-hydrogen) atoms. The Kier molecular flexibility index (Phi) is 3.46. The molecule has 0 spiro atoms. The first-order valence-corrected chi connectivity index (χ1v) is 4.04. The highest BCUT2D eigenvalue weighted by atomic mass is 16.5. The fraction of sp³-hybridized carbons (Fsp3) is 0.300. The van der Waals surface area contributed by atoms with Crippen LogP contribution >= 0.6 is 0 Å². The maximum atomic E-state index is 10.5. The maximum absolute atomic E-state index is 10.5. The highest BCUT2D eigenvalue weighted by Crippen LogP contribution is 2.16. The van der Waals surface area contributed by atoms with Gasteiger partial charge in [0.2, 0.25) is 0 Å². The zero-order valence-electron chi connectivity index (χ0n) is 7.49. The zero-order valence-corrected chi connectivity index (χ0v) is 7.49. The topological polar surface area (TPSA) is 46.5 Å². The van der Waals surface area contributed by atoms with Crippen LogP contribution in [0.25, 0.3) is 0 Å². The molecule has 3 heteroatoms. The van der Waals surface area contributed by atoms with Crippen molar-refractivity contribution >= 4 is 6.29 Å². The standard InChI is InChI=1S/C10H12O3/c1-13-5-4-8-2-3-10(12)9(6-8)7-11/h2-3,6-7,12H,4-5H2,1H3. The van der Waals surface area contributed by atoms with Gasteiger partial charge in [0.15, 0.2) is 6.29 Å². The van der Waals surface area contributed by atoms with E-state index >= 15 is 0 Å². The van der Waals surface area contributed by atoms with Crippen molar-refractivity contribution in [1.29, 1.82) is 0 Å². The molecule has 0 aromatic heterocycles. The van der Waals surface area contributed by atoms with Gasteiger partial charge in [-0.15, -0.1) is 0 Å². The van der Waals surface area contributed by atoms with Gasteiger partial charge in [0.25, 0.3) is 0 Å². The second kappa shape index (κ2) is 4.62. The van der Waals surface area contributed by atoms with Crippen LogP contribution < -0.4 is 0 Å². The van der Waals surface area contributed by atoms with E-state index in [2.05, 4.69) is 0 Å². The number of carbonyl (C=O) groups is 1. The molecule has 1 aromatic rings. The van der Waals surface area contributed by atoms with Crippen molar-refractivity contribution in [2.45, 2.75) is 6.42 Å². The summed E-state index contributed by atoms with van der Waals surface area (Å²) < 4.78 is 4.90. The van der Waals surface area contributed by atoms with E-state index in [0.717, 1.165) is 12.0 Å². The van der Waals surface area contributed by atoms with E-state index in [1.54, 1.807) is 19.2 Å². The normalized spacial score (nSPS) is 9.92. The van der Waals surface area contributed by atoms with Gasteiger partial charge >= 0.3 is 0 Å². The predicted octanol–water partition coefficient (Wildman–Crippen LogP) is 1.39. The number of ether oxygens (including phenoxy) is 1. The third kappa shape index (κ3) is 2.56. The molecular formula is C10H12O3. The Bertz CT molecular complexity index is 294. The minimum atomic E-state index is 0.0242. The molecule has 1 rings (SSSR count). The van der Waals surface area contributed by atoms with Gasteiger partial charge in [-0.05, 0) is 24.1 Å². The molecule has 1 N–H and O–H groups in total. The van der Waals surface area contributed by atoms with E-state index in [-0.39, 0.29) is 5.75 Å². The fourth-order valence-electron chi connectivity index (χ4n) is 1.07. The van der Waals surface area contributed by atoms with E-state index < -0.39 is 0 Å². The van der Waals surface area contributed by atoms with Gasteiger partial charge in [-0.25, -0.2) is 0 Å². The SMILES string of the molecule is COCCc1ccc(O)c(C=O)c1. The van der Waals surface area contributed by atoms with Crippen LogP contribution in [0.1, 0.15) is 15.9 Å². The first-order valence-electron chi connectivity index (χ1n) is 4.04. The Labute approximate surface area is 77.0 Å². The summed E-state index contributed by atoms with van der Waals surface area (Å²) in [6.45, 7) is 0.614. The van der Waals surface area contributed by atoms with Crippen molar-refractivity contribution in [3.63, 3.8) is 0 Å². The smallest absolute Gasteiger partial charge is 0.153 e. The molecule has 0 unspecified atom stereocenters. The summed E-state index contributed by atoms with van der Waals surface area (Å²) in [5.41, 5.74) is 1.32. The molecule has 0 aliphatic heterocycles. The summed E-state index contributed by atoms with van der Waals surface area (Å²) in [5, 5.41) is 9.20. The van der Waals surface area contributed by atoms with Crippen LogP contribution in [0.2, 0.25) is 0 Å². The molecule has 0 atom stereocenters. The van der Waals surface area contributed by atoms with Crippen LogP contribution in [-0.4, -0.2) is 25.1 Å². The van der Waals surface area contributed by atoms with Crippen molar-refractivity contribution in [2.24, 2.45) is 0 Å². The number of aldehydes is 1. The average molecular weight is 180 g/mol. The number of methoxy groups -OCH3 is 1. The molecule has 0 heterocycles. The number of phenolic OH excluding ortho intramolecular Hbond substituents is 1. The predicted molar refractivity (Wildman–Crippen MR) is 49.1 cm³/mol. The Morgan fingerprint density at radius 3 is 2.92 bits per heavy atom. The summed E-state index contributed by atoms with van der Waals surface area (Å²) in [7, 11) is 1.63. The number of hydrogen-bond acceptors (Lipinski definition) is 3. The van der Waals surface area contributed by atoms with Crippen molar-refractivity contribution < 1.29 is 14.6 Å². The third-order valence-corrected chi connectivity index (χ3v) is 1.81. The number of hydrogen-bond donors (Lipinski definition) is 1. The molecule has 0 radical (unpaired) electrons. The number of benzene rings is 1. The van der Waals surface area contributed by atoms with Crippen LogP contribution in [-0.2, 0) is 11.2 Å². The lowest BCUT2D eigenvalue weighted by molar-refractivity contribution is 0.112. The minimum absolute atomic E-state index is 0.0242. The third-order valence-electron chi connectivity index (χ3n) is 1.81. The molecule has 0 aliphatic rings. The van der Waals surface area contributed by atoms with Gasteiger partial charge in [0.1, 0.15) is 5.75 Å². The van der Waals surface area contributed by atoms with Crippen LogP contribution in [0.5, 0.6) is 5.75 Å². The molecule has 1 aromatic carbocycles. The van der Waals surface area contributed by atoms with Crippen LogP contribution in [0.15, 0.2) is 18.2 Å². The average Bonchev–Trinajstić information content (AvgIpc) is 2.16. The maximum Gasteiger partial charge on any atom is 0.153 e. The van der Waals surface area contributed by atoms with Gasteiger partial charge in [-0.3, -0.25) is 4.79 Å². The molecule has 0 amide bonds. The Morgan fingerprint density at radius 1 is 1.54 bits per heavy atom. The van der Waals surface area contributed by atoms with Gasteiger partial charge in [-0.1, -0.05) is 6.07 Å². The van der Waals surface area contributed by atoms with Crippen molar-refractivity contribution in [2.75, 3.05) is 13.7 Å². The summed E-state index contributed by atoms with van der Waals surface area (Å²) in [6.07, 6.45) is 1.39. The zero-order chi connectivity index (χ0) is 9.68. The highest BCUT2D eigenvalue weighted by molar-refractivity contribution is 5.79. The fourth-order valence-corrected chi connectivity index (χ4v) is 1.07.